The molecule has 0 saturated carbocycles. The zero-order valence-electron chi connectivity index (χ0n) is 13.7. The number of carbonyl (C=O) groups is 1. The minimum Gasteiger partial charge on any atom is -0.395 e. The number of aliphatic hydroxyl groups is 1. The lowest BCUT2D eigenvalue weighted by Crippen LogP contribution is -2.30. The Kier molecular flexibility index (Phi) is 3.73. The van der Waals surface area contributed by atoms with Crippen molar-refractivity contribution in [3.8, 4) is 0 Å². The van der Waals surface area contributed by atoms with Crippen molar-refractivity contribution in [2.75, 3.05) is 20.2 Å². The maximum atomic E-state index is 12.4. The zero-order chi connectivity index (χ0) is 16.8. The van der Waals surface area contributed by atoms with Gasteiger partial charge in [-0.3, -0.25) is 4.79 Å². The Morgan fingerprint density at radius 1 is 1.54 bits per heavy atom. The van der Waals surface area contributed by atoms with Gasteiger partial charge in [-0.2, -0.15) is 0 Å². The van der Waals surface area contributed by atoms with Gasteiger partial charge in [-0.25, -0.2) is 14.5 Å². The average Bonchev–Trinajstić information content (AvgIpc) is 3.14. The summed E-state index contributed by atoms with van der Waals surface area (Å²) in [6.45, 7) is 2.44. The number of nitrogens with zero attached hydrogens (tertiary/aromatic N) is 5. The Bertz CT molecular complexity index is 931. The summed E-state index contributed by atoms with van der Waals surface area (Å²) < 4.78 is 1.59. The van der Waals surface area contributed by atoms with E-state index >= 15 is 0 Å². The largest absolute Gasteiger partial charge is 0.395 e. The van der Waals surface area contributed by atoms with E-state index in [4.69, 9.17) is 5.11 Å². The van der Waals surface area contributed by atoms with E-state index in [1.54, 1.807) is 29.2 Å². The van der Waals surface area contributed by atoms with Gasteiger partial charge in [0, 0.05) is 18.5 Å². The number of carbonyl (C=O) groups excluding carboxylic acids is 1. The molecule has 4 rings (SSSR count). The van der Waals surface area contributed by atoms with Crippen LogP contribution in [0.1, 0.15) is 34.4 Å². The summed E-state index contributed by atoms with van der Waals surface area (Å²) in [5, 5.41) is 14.3. The SMILES string of the molecule is C[C@H]1CCc2sc3ncn4nc(C(=O)N(C)CCO)nc4c3c2C1. The number of amides is 1. The maximum Gasteiger partial charge on any atom is 0.293 e. The number of rotatable bonds is 3. The quantitative estimate of drug-likeness (QED) is 0.778. The minimum absolute atomic E-state index is 0.0860. The molecule has 1 aliphatic carbocycles. The highest BCUT2D eigenvalue weighted by molar-refractivity contribution is 7.19. The summed E-state index contributed by atoms with van der Waals surface area (Å²) in [6.07, 6.45) is 4.94. The van der Waals surface area contributed by atoms with Gasteiger partial charge in [0.2, 0.25) is 5.82 Å². The highest BCUT2D eigenvalue weighted by atomic mass is 32.1. The molecule has 7 nitrogen and oxygen atoms in total. The summed E-state index contributed by atoms with van der Waals surface area (Å²) in [5.41, 5.74) is 2.02. The number of likely N-dealkylation sites (N-methyl/N-ethyl adjacent to an activating group) is 1. The Morgan fingerprint density at radius 3 is 3.17 bits per heavy atom. The van der Waals surface area contributed by atoms with Crippen molar-refractivity contribution in [3.05, 3.63) is 22.6 Å². The molecule has 0 saturated heterocycles. The normalized spacial score (nSPS) is 17.4. The number of fused-ring (bicyclic) bond motifs is 5. The van der Waals surface area contributed by atoms with Crippen molar-refractivity contribution in [2.24, 2.45) is 5.92 Å². The molecule has 0 spiro atoms. The van der Waals surface area contributed by atoms with Gasteiger partial charge in [0.25, 0.3) is 5.91 Å². The molecular formula is C16H19N5O2S. The third-order valence-electron chi connectivity index (χ3n) is 4.60. The monoisotopic (exact) mass is 345 g/mol. The highest BCUT2D eigenvalue weighted by Gasteiger charge is 2.25. The molecule has 0 bridgehead atoms. The second-order valence-corrected chi connectivity index (χ2v) is 7.51. The van der Waals surface area contributed by atoms with E-state index in [9.17, 15) is 4.79 Å². The molecule has 0 radical (unpaired) electrons. The van der Waals surface area contributed by atoms with E-state index < -0.39 is 0 Å². The first kappa shape index (κ1) is 15.5. The van der Waals surface area contributed by atoms with Gasteiger partial charge in [-0.15, -0.1) is 16.4 Å². The van der Waals surface area contributed by atoms with Crippen molar-refractivity contribution in [1.29, 1.82) is 0 Å². The van der Waals surface area contributed by atoms with Gasteiger partial charge in [0.1, 0.15) is 11.2 Å². The number of hydrogen-bond acceptors (Lipinski definition) is 6. The van der Waals surface area contributed by atoms with Crippen LogP contribution in [0, 0.1) is 5.92 Å². The standard InChI is InChI=1S/C16H19N5O2S/c1-9-3-4-11-10(7-9)12-14-18-13(16(23)20(2)5-6-22)19-21(14)8-17-15(12)24-11/h8-9,22H,3-7H2,1-2H3/t9-/m0/s1. The number of aliphatic hydroxyl groups excluding tert-OH is 1. The molecule has 1 amide bonds. The molecule has 0 aromatic carbocycles. The molecule has 8 heteroatoms. The lowest BCUT2D eigenvalue weighted by Gasteiger charge is -2.17. The smallest absolute Gasteiger partial charge is 0.293 e. The Morgan fingerprint density at radius 2 is 2.38 bits per heavy atom. The summed E-state index contributed by atoms with van der Waals surface area (Å²) >= 11 is 1.73. The van der Waals surface area contributed by atoms with Crippen LogP contribution >= 0.6 is 11.3 Å². The molecule has 0 aliphatic heterocycles. The van der Waals surface area contributed by atoms with Crippen LogP contribution in [0.4, 0.5) is 0 Å². The molecule has 1 N–H and O–H groups in total. The second kappa shape index (κ2) is 5.78. The van der Waals surface area contributed by atoms with Crippen LogP contribution in [0.3, 0.4) is 0 Å². The molecule has 3 aromatic rings. The van der Waals surface area contributed by atoms with E-state index in [0.29, 0.717) is 11.6 Å². The number of hydrogen-bond donors (Lipinski definition) is 1. The van der Waals surface area contributed by atoms with E-state index in [1.165, 1.54) is 21.8 Å². The van der Waals surface area contributed by atoms with Crippen LogP contribution in [-0.2, 0) is 12.8 Å². The summed E-state index contributed by atoms with van der Waals surface area (Å²) in [5.74, 6) is 0.498. The van der Waals surface area contributed by atoms with Crippen LogP contribution in [0.25, 0.3) is 15.9 Å². The van der Waals surface area contributed by atoms with E-state index in [1.807, 2.05) is 0 Å². The third kappa shape index (κ3) is 2.37. The Labute approximate surface area is 142 Å². The zero-order valence-corrected chi connectivity index (χ0v) is 14.5. The molecule has 1 aliphatic rings. The highest BCUT2D eigenvalue weighted by Crippen LogP contribution is 2.38. The molecule has 3 aromatic heterocycles. The number of aryl methyl sites for hydroxylation is 1. The van der Waals surface area contributed by atoms with Crippen LogP contribution in [0.15, 0.2) is 6.33 Å². The fourth-order valence-corrected chi connectivity index (χ4v) is 4.44. The van der Waals surface area contributed by atoms with Gasteiger partial charge < -0.3 is 10.0 Å². The van der Waals surface area contributed by atoms with Crippen molar-refractivity contribution < 1.29 is 9.90 Å². The average molecular weight is 345 g/mol. The fourth-order valence-electron chi connectivity index (χ4n) is 3.26. The predicted molar refractivity (Wildman–Crippen MR) is 91.4 cm³/mol. The predicted octanol–water partition coefficient (Wildman–Crippen LogP) is 1.53. The molecule has 0 fully saturated rings. The first-order chi connectivity index (χ1) is 11.6. The van der Waals surface area contributed by atoms with Crippen LogP contribution < -0.4 is 0 Å². The molecule has 126 valence electrons. The summed E-state index contributed by atoms with van der Waals surface area (Å²) in [4.78, 5) is 25.2. The van der Waals surface area contributed by atoms with Crippen molar-refractivity contribution in [2.45, 2.75) is 26.2 Å². The topological polar surface area (TPSA) is 83.6 Å². The molecule has 0 unspecified atom stereocenters. The third-order valence-corrected chi connectivity index (χ3v) is 5.80. The van der Waals surface area contributed by atoms with Crippen LogP contribution in [-0.4, -0.2) is 55.7 Å². The maximum absolute atomic E-state index is 12.4. The van der Waals surface area contributed by atoms with Crippen molar-refractivity contribution in [3.63, 3.8) is 0 Å². The van der Waals surface area contributed by atoms with Crippen LogP contribution in [0.5, 0.6) is 0 Å². The minimum atomic E-state index is -0.293. The lowest BCUT2D eigenvalue weighted by atomic mass is 9.89. The molecule has 24 heavy (non-hydrogen) atoms. The van der Waals surface area contributed by atoms with Crippen molar-refractivity contribution in [1.82, 2.24) is 24.5 Å². The molecule has 3 heterocycles. The van der Waals surface area contributed by atoms with E-state index in [0.717, 1.165) is 23.1 Å². The van der Waals surface area contributed by atoms with Crippen molar-refractivity contribution >= 4 is 33.1 Å². The number of thiophene rings is 1. The Hall–Kier alpha value is -2.06. The lowest BCUT2D eigenvalue weighted by molar-refractivity contribution is 0.0755. The Balaban J connectivity index is 1.86. The van der Waals surface area contributed by atoms with Crippen LogP contribution in [0.2, 0.25) is 0 Å². The van der Waals surface area contributed by atoms with E-state index in [-0.39, 0.29) is 24.9 Å². The first-order valence-electron chi connectivity index (χ1n) is 8.10. The van der Waals surface area contributed by atoms with Gasteiger partial charge in [0.15, 0.2) is 5.65 Å². The van der Waals surface area contributed by atoms with E-state index in [2.05, 4.69) is 22.0 Å². The second-order valence-electron chi connectivity index (χ2n) is 6.43. The van der Waals surface area contributed by atoms with Gasteiger partial charge >= 0.3 is 0 Å². The summed E-state index contributed by atoms with van der Waals surface area (Å²) in [7, 11) is 1.63. The number of aromatic nitrogens is 4. The molecule has 1 atom stereocenters. The molecular weight excluding hydrogens is 326 g/mol. The first-order valence-corrected chi connectivity index (χ1v) is 8.92. The van der Waals surface area contributed by atoms with Gasteiger partial charge in [0.05, 0.1) is 12.0 Å². The van der Waals surface area contributed by atoms with Gasteiger partial charge in [-0.05, 0) is 30.7 Å². The summed E-state index contributed by atoms with van der Waals surface area (Å²) in [6, 6.07) is 0. The fraction of sp³-hybridized carbons (Fsp3) is 0.500. The van der Waals surface area contributed by atoms with Gasteiger partial charge in [-0.1, -0.05) is 6.92 Å².